The Morgan fingerprint density at radius 1 is 1.00 bits per heavy atom. The highest BCUT2D eigenvalue weighted by molar-refractivity contribution is 7.99. The predicted molar refractivity (Wildman–Crippen MR) is 81.7 cm³/mol. The summed E-state index contributed by atoms with van der Waals surface area (Å²) in [4.78, 5) is 16.6. The third kappa shape index (κ3) is 5.71. The topological polar surface area (TPSA) is 35.6 Å². The average Bonchev–Trinajstić information content (AvgIpc) is 2.73. The lowest BCUT2D eigenvalue weighted by Crippen LogP contribution is -2.42. The number of carbonyl (C=O) groups excluding carboxylic acids is 1. The largest absolute Gasteiger partial charge is 0.342 e. The third-order valence-corrected chi connectivity index (χ3v) is 4.89. The lowest BCUT2D eigenvalue weighted by molar-refractivity contribution is -0.130. The van der Waals surface area contributed by atoms with Crippen LogP contribution in [0.5, 0.6) is 0 Å². The van der Waals surface area contributed by atoms with Gasteiger partial charge in [-0.2, -0.15) is 11.8 Å². The summed E-state index contributed by atoms with van der Waals surface area (Å²) in [6.45, 7) is 6.85. The summed E-state index contributed by atoms with van der Waals surface area (Å²) in [6.07, 6.45) is 4.92. The van der Waals surface area contributed by atoms with Gasteiger partial charge >= 0.3 is 0 Å². The maximum atomic E-state index is 12.0. The molecule has 110 valence electrons. The molecule has 0 spiro atoms. The van der Waals surface area contributed by atoms with E-state index in [1.807, 2.05) is 16.7 Å². The number of hydrogen-bond donors (Lipinski definition) is 1. The molecule has 2 aliphatic rings. The van der Waals surface area contributed by atoms with Crippen LogP contribution in [0, 0.1) is 0 Å². The molecule has 2 fully saturated rings. The van der Waals surface area contributed by atoms with E-state index in [2.05, 4.69) is 10.2 Å². The van der Waals surface area contributed by atoms with Crippen LogP contribution in [0.15, 0.2) is 0 Å². The van der Waals surface area contributed by atoms with Gasteiger partial charge in [-0.1, -0.05) is 12.8 Å². The van der Waals surface area contributed by atoms with Crippen molar-refractivity contribution in [2.45, 2.75) is 25.7 Å². The molecular weight excluding hydrogens is 258 g/mol. The molecule has 2 rings (SSSR count). The first-order valence-electron chi connectivity index (χ1n) is 7.65. The number of nitrogens with one attached hydrogen (secondary N) is 1. The van der Waals surface area contributed by atoms with Gasteiger partial charge in [0, 0.05) is 50.8 Å². The second kappa shape index (κ2) is 8.82. The van der Waals surface area contributed by atoms with E-state index in [9.17, 15) is 4.79 Å². The lowest BCUT2D eigenvalue weighted by Gasteiger charge is -2.26. The summed E-state index contributed by atoms with van der Waals surface area (Å²) in [5.74, 6) is 2.80. The van der Waals surface area contributed by atoms with Crippen LogP contribution in [0.1, 0.15) is 25.7 Å². The average molecular weight is 285 g/mol. The highest BCUT2D eigenvalue weighted by atomic mass is 32.2. The summed E-state index contributed by atoms with van der Waals surface area (Å²) in [5, 5.41) is 3.31. The number of likely N-dealkylation sites (tertiary alicyclic amines) is 1. The van der Waals surface area contributed by atoms with Crippen molar-refractivity contribution in [1.29, 1.82) is 0 Å². The normalized spacial score (nSPS) is 22.2. The standard InChI is InChI=1S/C14H27N3OS/c18-14(17-6-3-1-2-4-7-17)13-15-5-8-16-9-11-19-12-10-16/h15H,1-13H2. The Morgan fingerprint density at radius 2 is 1.68 bits per heavy atom. The molecule has 0 unspecified atom stereocenters. The summed E-state index contributed by atoms with van der Waals surface area (Å²) < 4.78 is 0. The Bertz CT molecular complexity index is 261. The van der Waals surface area contributed by atoms with E-state index in [-0.39, 0.29) is 5.91 Å². The molecule has 0 saturated carbocycles. The van der Waals surface area contributed by atoms with Crippen molar-refractivity contribution in [3.63, 3.8) is 0 Å². The molecule has 0 aromatic carbocycles. The summed E-state index contributed by atoms with van der Waals surface area (Å²) in [5.41, 5.74) is 0. The predicted octanol–water partition coefficient (Wildman–Crippen LogP) is 1.03. The molecular formula is C14H27N3OS. The van der Waals surface area contributed by atoms with Gasteiger partial charge in [-0.15, -0.1) is 0 Å². The maximum Gasteiger partial charge on any atom is 0.236 e. The van der Waals surface area contributed by atoms with E-state index < -0.39 is 0 Å². The first kappa shape index (κ1) is 15.1. The van der Waals surface area contributed by atoms with Crippen molar-refractivity contribution in [3.05, 3.63) is 0 Å². The van der Waals surface area contributed by atoms with Gasteiger partial charge in [-0.05, 0) is 12.8 Å². The molecule has 2 heterocycles. The quantitative estimate of drug-likeness (QED) is 0.765. The van der Waals surface area contributed by atoms with Gasteiger partial charge in [-0.3, -0.25) is 4.79 Å². The maximum absolute atomic E-state index is 12.0. The van der Waals surface area contributed by atoms with E-state index in [1.165, 1.54) is 50.3 Å². The van der Waals surface area contributed by atoms with Crippen molar-refractivity contribution < 1.29 is 4.79 Å². The van der Waals surface area contributed by atoms with Crippen LogP contribution in [0.2, 0.25) is 0 Å². The number of amides is 1. The molecule has 0 aromatic heterocycles. The third-order valence-electron chi connectivity index (χ3n) is 3.94. The van der Waals surface area contributed by atoms with Crippen LogP contribution < -0.4 is 5.32 Å². The smallest absolute Gasteiger partial charge is 0.236 e. The fourth-order valence-electron chi connectivity index (χ4n) is 2.69. The molecule has 2 aliphatic heterocycles. The number of thioether (sulfide) groups is 1. The second-order valence-corrected chi connectivity index (χ2v) is 6.65. The molecule has 4 nitrogen and oxygen atoms in total. The molecule has 2 saturated heterocycles. The van der Waals surface area contributed by atoms with E-state index in [4.69, 9.17) is 0 Å². The van der Waals surface area contributed by atoms with E-state index in [0.29, 0.717) is 6.54 Å². The number of hydrogen-bond acceptors (Lipinski definition) is 4. The minimum atomic E-state index is 0.288. The van der Waals surface area contributed by atoms with Gasteiger partial charge in [0.15, 0.2) is 0 Å². The Hall–Kier alpha value is -0.260. The Morgan fingerprint density at radius 3 is 2.37 bits per heavy atom. The van der Waals surface area contributed by atoms with E-state index >= 15 is 0 Å². The molecule has 0 aliphatic carbocycles. The summed E-state index contributed by atoms with van der Waals surface area (Å²) in [7, 11) is 0. The van der Waals surface area contributed by atoms with Crippen LogP contribution in [0.4, 0.5) is 0 Å². The molecule has 0 bridgehead atoms. The fraction of sp³-hybridized carbons (Fsp3) is 0.929. The minimum Gasteiger partial charge on any atom is -0.342 e. The van der Waals surface area contributed by atoms with Crippen LogP contribution >= 0.6 is 11.8 Å². The zero-order chi connectivity index (χ0) is 13.3. The Kier molecular flexibility index (Phi) is 7.03. The molecule has 19 heavy (non-hydrogen) atoms. The van der Waals surface area contributed by atoms with Gasteiger partial charge in [-0.25, -0.2) is 0 Å². The number of nitrogens with zero attached hydrogens (tertiary/aromatic N) is 2. The summed E-state index contributed by atoms with van der Waals surface area (Å²) in [6, 6.07) is 0. The minimum absolute atomic E-state index is 0.288. The molecule has 0 radical (unpaired) electrons. The second-order valence-electron chi connectivity index (χ2n) is 5.43. The fourth-order valence-corrected chi connectivity index (χ4v) is 3.67. The highest BCUT2D eigenvalue weighted by Crippen LogP contribution is 2.09. The summed E-state index contributed by atoms with van der Waals surface area (Å²) >= 11 is 2.04. The monoisotopic (exact) mass is 285 g/mol. The highest BCUT2D eigenvalue weighted by Gasteiger charge is 2.15. The van der Waals surface area contributed by atoms with Crippen molar-refractivity contribution in [2.75, 3.05) is 57.3 Å². The number of carbonyl (C=O) groups is 1. The van der Waals surface area contributed by atoms with Gasteiger partial charge in [0.2, 0.25) is 5.91 Å². The van der Waals surface area contributed by atoms with Gasteiger partial charge in [0.25, 0.3) is 0 Å². The van der Waals surface area contributed by atoms with Crippen LogP contribution in [-0.2, 0) is 4.79 Å². The van der Waals surface area contributed by atoms with Crippen molar-refractivity contribution in [2.24, 2.45) is 0 Å². The van der Waals surface area contributed by atoms with Gasteiger partial charge in [0.05, 0.1) is 6.54 Å². The van der Waals surface area contributed by atoms with Crippen LogP contribution in [0.25, 0.3) is 0 Å². The van der Waals surface area contributed by atoms with Gasteiger partial charge < -0.3 is 15.1 Å². The van der Waals surface area contributed by atoms with Crippen molar-refractivity contribution in [1.82, 2.24) is 15.1 Å². The Balaban J connectivity index is 1.55. The zero-order valence-corrected chi connectivity index (χ0v) is 12.7. The molecule has 0 aromatic rings. The number of rotatable bonds is 5. The van der Waals surface area contributed by atoms with E-state index in [1.54, 1.807) is 0 Å². The zero-order valence-electron chi connectivity index (χ0n) is 11.9. The molecule has 1 N–H and O–H groups in total. The lowest BCUT2D eigenvalue weighted by atomic mass is 10.2. The molecule has 1 amide bonds. The molecule has 0 atom stereocenters. The van der Waals surface area contributed by atoms with Gasteiger partial charge in [0.1, 0.15) is 0 Å². The first-order chi connectivity index (χ1) is 9.36. The molecule has 5 heteroatoms. The van der Waals surface area contributed by atoms with E-state index in [0.717, 1.165) is 26.2 Å². The van der Waals surface area contributed by atoms with Crippen molar-refractivity contribution >= 4 is 17.7 Å². The SMILES string of the molecule is O=C(CNCCN1CCSCC1)N1CCCCCC1. The first-order valence-corrected chi connectivity index (χ1v) is 8.80. The Labute approximate surface area is 121 Å². The van der Waals surface area contributed by atoms with Crippen molar-refractivity contribution in [3.8, 4) is 0 Å². The van der Waals surface area contributed by atoms with Crippen LogP contribution in [0.3, 0.4) is 0 Å². The van der Waals surface area contributed by atoms with Crippen LogP contribution in [-0.4, -0.2) is 73.0 Å².